The minimum Gasteiger partial charge on any atom is -0.493 e. The number of hydrogen-bond donors (Lipinski definition) is 2. The van der Waals surface area contributed by atoms with Crippen molar-refractivity contribution < 1.29 is 24.1 Å². The highest BCUT2D eigenvalue weighted by Gasteiger charge is 2.62. The molecule has 3 fully saturated rings. The lowest BCUT2D eigenvalue weighted by Gasteiger charge is -2.57. The zero-order valence-corrected chi connectivity index (χ0v) is 17.9. The van der Waals surface area contributed by atoms with Gasteiger partial charge in [0.1, 0.15) is 5.41 Å². The van der Waals surface area contributed by atoms with Gasteiger partial charge in [0.2, 0.25) is 0 Å². The van der Waals surface area contributed by atoms with Crippen molar-refractivity contribution in [2.24, 2.45) is 11.8 Å². The van der Waals surface area contributed by atoms with Crippen LogP contribution in [0.3, 0.4) is 0 Å². The predicted octanol–water partition coefficient (Wildman–Crippen LogP) is 2.24. The fourth-order valence-corrected chi connectivity index (χ4v) is 6.70. The second kappa shape index (κ2) is 7.17. The van der Waals surface area contributed by atoms with Crippen LogP contribution in [-0.4, -0.2) is 68.0 Å². The summed E-state index contributed by atoms with van der Waals surface area (Å²) in [6.45, 7) is 2.06. The van der Waals surface area contributed by atoms with Crippen molar-refractivity contribution in [2.75, 3.05) is 41.0 Å². The van der Waals surface area contributed by atoms with E-state index in [1.54, 1.807) is 14.2 Å². The molecule has 30 heavy (non-hydrogen) atoms. The largest absolute Gasteiger partial charge is 0.493 e. The summed E-state index contributed by atoms with van der Waals surface area (Å²) in [5, 5.41) is 10.8. The zero-order chi connectivity index (χ0) is 21.0. The first-order valence-electron chi connectivity index (χ1n) is 10.8. The van der Waals surface area contributed by atoms with E-state index in [9.17, 15) is 9.90 Å². The van der Waals surface area contributed by atoms with Crippen LogP contribution in [0.1, 0.15) is 30.5 Å². The average Bonchev–Trinajstić information content (AvgIpc) is 3.09. The van der Waals surface area contributed by atoms with Gasteiger partial charge in [-0.05, 0) is 49.1 Å². The Hall–Kier alpha value is -2.25. The Kier molecular flexibility index (Phi) is 4.71. The van der Waals surface area contributed by atoms with E-state index in [1.807, 2.05) is 12.1 Å². The van der Waals surface area contributed by atoms with E-state index in [-0.39, 0.29) is 24.5 Å². The number of nitrogens with one attached hydrogen (secondary N) is 1. The molecule has 162 valence electrons. The molecule has 0 radical (unpaired) electrons. The number of benzene rings is 1. The molecular formula is C23H30N2O5. The number of aliphatic hydroxyl groups excluding tert-OH is 1. The summed E-state index contributed by atoms with van der Waals surface area (Å²) < 4.78 is 16.5. The molecule has 0 spiro atoms. The highest BCUT2D eigenvalue weighted by Crippen LogP contribution is 2.55. The van der Waals surface area contributed by atoms with Gasteiger partial charge in [-0.3, -0.25) is 9.69 Å². The number of carbonyl (C=O) groups excluding carboxylic acids is 1. The Bertz CT molecular complexity index is 986. The van der Waals surface area contributed by atoms with Gasteiger partial charge < -0.3 is 24.3 Å². The van der Waals surface area contributed by atoms with Crippen LogP contribution in [0.5, 0.6) is 11.5 Å². The number of rotatable bonds is 5. The molecule has 5 atom stereocenters. The van der Waals surface area contributed by atoms with Crippen molar-refractivity contribution in [1.82, 2.24) is 9.88 Å². The summed E-state index contributed by atoms with van der Waals surface area (Å²) in [4.78, 5) is 19.6. The molecule has 1 saturated carbocycles. The Balaban J connectivity index is 1.76. The molecule has 4 bridgehead atoms. The fourth-order valence-electron chi connectivity index (χ4n) is 6.70. The Morgan fingerprint density at radius 1 is 1.27 bits per heavy atom. The number of aliphatic hydroxyl groups is 1. The van der Waals surface area contributed by atoms with Crippen LogP contribution >= 0.6 is 0 Å². The Labute approximate surface area is 176 Å². The molecule has 6 rings (SSSR count). The number of hydrogen-bond acceptors (Lipinski definition) is 6. The minimum atomic E-state index is -0.735. The number of carbonyl (C=O) groups is 1. The van der Waals surface area contributed by atoms with E-state index in [1.165, 1.54) is 12.7 Å². The minimum absolute atomic E-state index is 0.0419. The lowest BCUT2D eigenvalue weighted by Crippen LogP contribution is -2.67. The standard InChI is InChI=1S/C23H30N2O5/c1-28-18-9-16-15-4-6-25-12-13-8-14(5-7-26)21(25)23(11-13,22(27)30-3)20(15)24-17(16)10-19(18)29-2/h9-10,13-14,21,24,26H,4-8,11-12H2,1-3H3. The lowest BCUT2D eigenvalue weighted by molar-refractivity contribution is -0.162. The van der Waals surface area contributed by atoms with E-state index in [0.29, 0.717) is 23.8 Å². The van der Waals surface area contributed by atoms with Crippen molar-refractivity contribution >= 4 is 16.9 Å². The van der Waals surface area contributed by atoms with Gasteiger partial charge in [0, 0.05) is 48.4 Å². The number of aromatic amines is 1. The van der Waals surface area contributed by atoms with Crippen LogP contribution in [0.2, 0.25) is 0 Å². The number of fused-ring (bicyclic) bond motifs is 4. The molecule has 4 aliphatic rings. The molecule has 2 saturated heterocycles. The summed E-state index contributed by atoms with van der Waals surface area (Å²) in [5.74, 6) is 1.89. The fraction of sp³-hybridized carbons (Fsp3) is 0.609. The number of ether oxygens (including phenoxy) is 3. The maximum atomic E-state index is 13.5. The van der Waals surface area contributed by atoms with Gasteiger partial charge in [-0.25, -0.2) is 0 Å². The van der Waals surface area contributed by atoms with Crippen molar-refractivity contribution in [3.8, 4) is 11.5 Å². The molecular weight excluding hydrogens is 384 g/mol. The van der Waals surface area contributed by atoms with Crippen LogP contribution < -0.4 is 9.47 Å². The molecule has 2 aromatic rings. The van der Waals surface area contributed by atoms with E-state index >= 15 is 0 Å². The van der Waals surface area contributed by atoms with E-state index < -0.39 is 5.41 Å². The summed E-state index contributed by atoms with van der Waals surface area (Å²) >= 11 is 0. The summed E-state index contributed by atoms with van der Waals surface area (Å²) in [7, 11) is 4.76. The number of esters is 1. The first-order valence-corrected chi connectivity index (χ1v) is 10.8. The normalized spacial score (nSPS) is 31.9. The number of methoxy groups -OCH3 is 3. The third kappa shape index (κ3) is 2.54. The summed E-state index contributed by atoms with van der Waals surface area (Å²) in [5.41, 5.74) is 2.38. The van der Waals surface area contributed by atoms with Crippen molar-refractivity contribution in [2.45, 2.75) is 37.1 Å². The van der Waals surface area contributed by atoms with Gasteiger partial charge in [-0.1, -0.05) is 0 Å². The van der Waals surface area contributed by atoms with Gasteiger partial charge in [0.25, 0.3) is 0 Å². The van der Waals surface area contributed by atoms with E-state index in [0.717, 1.165) is 48.9 Å². The number of H-pyrrole nitrogens is 1. The highest BCUT2D eigenvalue weighted by molar-refractivity contribution is 5.93. The molecule has 7 heteroatoms. The monoisotopic (exact) mass is 414 g/mol. The average molecular weight is 415 g/mol. The number of nitrogens with zero attached hydrogens (tertiary/aromatic N) is 1. The Morgan fingerprint density at radius 3 is 2.73 bits per heavy atom. The maximum Gasteiger partial charge on any atom is 0.319 e. The smallest absolute Gasteiger partial charge is 0.319 e. The highest BCUT2D eigenvalue weighted by atomic mass is 16.5. The third-order valence-corrected chi connectivity index (χ3v) is 7.64. The van der Waals surface area contributed by atoms with Crippen LogP contribution in [0, 0.1) is 11.8 Å². The van der Waals surface area contributed by atoms with Crippen LogP contribution in [-0.2, 0) is 21.4 Å². The third-order valence-electron chi connectivity index (χ3n) is 7.64. The van der Waals surface area contributed by atoms with Crippen molar-refractivity contribution in [1.29, 1.82) is 0 Å². The number of aromatic nitrogens is 1. The SMILES string of the molecule is COC(=O)C12CC3CC(CCO)C1N(CCc1c2[nH]c2cc(OC)c(OC)cc12)C3. The molecule has 1 aromatic heterocycles. The summed E-state index contributed by atoms with van der Waals surface area (Å²) in [6.07, 6.45) is 3.43. The van der Waals surface area contributed by atoms with Crippen LogP contribution in [0.4, 0.5) is 0 Å². The molecule has 1 aromatic carbocycles. The van der Waals surface area contributed by atoms with Crippen molar-refractivity contribution in [3.63, 3.8) is 0 Å². The lowest BCUT2D eigenvalue weighted by atomic mass is 9.56. The van der Waals surface area contributed by atoms with Gasteiger partial charge in [-0.15, -0.1) is 0 Å². The van der Waals surface area contributed by atoms with E-state index in [4.69, 9.17) is 14.2 Å². The first-order chi connectivity index (χ1) is 14.6. The molecule has 7 nitrogen and oxygen atoms in total. The van der Waals surface area contributed by atoms with Crippen molar-refractivity contribution in [3.05, 3.63) is 23.4 Å². The van der Waals surface area contributed by atoms with Gasteiger partial charge in [-0.2, -0.15) is 0 Å². The van der Waals surface area contributed by atoms with Gasteiger partial charge >= 0.3 is 5.97 Å². The number of piperidine rings is 2. The van der Waals surface area contributed by atoms with Crippen LogP contribution in [0.25, 0.3) is 10.9 Å². The molecule has 5 unspecified atom stereocenters. The van der Waals surface area contributed by atoms with Gasteiger partial charge in [0.15, 0.2) is 11.5 Å². The maximum absolute atomic E-state index is 13.5. The second-order valence-electron chi connectivity index (χ2n) is 8.96. The predicted molar refractivity (Wildman–Crippen MR) is 112 cm³/mol. The van der Waals surface area contributed by atoms with Gasteiger partial charge in [0.05, 0.1) is 21.3 Å². The zero-order valence-electron chi connectivity index (χ0n) is 17.9. The molecule has 3 aliphatic heterocycles. The molecule has 2 N–H and O–H groups in total. The molecule has 0 amide bonds. The quantitative estimate of drug-likeness (QED) is 0.730. The first kappa shape index (κ1) is 19.7. The van der Waals surface area contributed by atoms with E-state index in [2.05, 4.69) is 9.88 Å². The second-order valence-corrected chi connectivity index (χ2v) is 8.96. The van der Waals surface area contributed by atoms with Crippen LogP contribution in [0.15, 0.2) is 12.1 Å². The summed E-state index contributed by atoms with van der Waals surface area (Å²) in [6, 6.07) is 4.01. The molecule has 4 heterocycles. The molecule has 1 aliphatic carbocycles. The Morgan fingerprint density at radius 2 is 2.03 bits per heavy atom. The topological polar surface area (TPSA) is 84.0 Å².